The lowest BCUT2D eigenvalue weighted by Gasteiger charge is -2.18. The molecule has 31 heavy (non-hydrogen) atoms. The Balaban J connectivity index is 2.24. The standard InChI is InChI=1S/C25H28N2O4/c1-6-27-23(28)16-31-21-12-7-17(14-22(21)30-5)13-19(15-26)24(29)18-8-10-20(11-9-18)25(2,3)4/h7-14H,6,16H2,1-5H3,(H,27,28)/b19-13+. The SMILES string of the molecule is CCNC(=O)COc1ccc(/C=C(\C#N)C(=O)c2ccc(C(C)(C)C)cc2)cc1OC. The van der Waals surface area contributed by atoms with Crippen molar-refractivity contribution < 1.29 is 19.1 Å². The number of methoxy groups -OCH3 is 1. The van der Waals surface area contributed by atoms with Gasteiger partial charge in [-0.25, -0.2) is 0 Å². The first-order valence-electron chi connectivity index (χ1n) is 10.0. The molecule has 0 saturated carbocycles. The highest BCUT2D eigenvalue weighted by molar-refractivity contribution is 6.14. The smallest absolute Gasteiger partial charge is 0.257 e. The molecule has 0 spiro atoms. The van der Waals surface area contributed by atoms with Crippen LogP contribution in [0.15, 0.2) is 48.0 Å². The fourth-order valence-electron chi connectivity index (χ4n) is 2.88. The number of benzene rings is 2. The van der Waals surface area contributed by atoms with Crippen LogP contribution in [-0.4, -0.2) is 32.0 Å². The van der Waals surface area contributed by atoms with Crippen LogP contribution in [0, 0.1) is 11.3 Å². The van der Waals surface area contributed by atoms with Crippen molar-refractivity contribution >= 4 is 17.8 Å². The number of hydrogen-bond donors (Lipinski definition) is 1. The molecule has 2 aromatic carbocycles. The molecule has 0 aliphatic rings. The van der Waals surface area contributed by atoms with Gasteiger partial charge in [0.1, 0.15) is 11.6 Å². The summed E-state index contributed by atoms with van der Waals surface area (Å²) in [4.78, 5) is 24.4. The minimum atomic E-state index is -0.349. The topological polar surface area (TPSA) is 88.4 Å². The second-order valence-electron chi connectivity index (χ2n) is 7.98. The van der Waals surface area contributed by atoms with E-state index in [4.69, 9.17) is 9.47 Å². The molecule has 2 rings (SSSR count). The van der Waals surface area contributed by atoms with Crippen LogP contribution in [0.2, 0.25) is 0 Å². The number of amides is 1. The maximum atomic E-state index is 12.8. The minimum absolute atomic E-state index is 0.0153. The summed E-state index contributed by atoms with van der Waals surface area (Å²) in [5.74, 6) is 0.215. The molecule has 0 bridgehead atoms. The number of nitrogens with one attached hydrogen (secondary N) is 1. The molecule has 1 amide bonds. The van der Waals surface area contributed by atoms with E-state index in [1.807, 2.05) is 25.1 Å². The number of ether oxygens (including phenoxy) is 2. The normalized spacial score (nSPS) is 11.4. The zero-order valence-corrected chi connectivity index (χ0v) is 18.6. The molecule has 0 aliphatic carbocycles. The molecule has 0 aromatic heterocycles. The summed E-state index contributed by atoms with van der Waals surface area (Å²) in [6, 6.07) is 14.3. The van der Waals surface area contributed by atoms with E-state index >= 15 is 0 Å². The maximum Gasteiger partial charge on any atom is 0.257 e. The molecule has 2 aromatic rings. The molecule has 0 heterocycles. The summed E-state index contributed by atoms with van der Waals surface area (Å²) in [7, 11) is 1.48. The van der Waals surface area contributed by atoms with Gasteiger partial charge in [0.2, 0.25) is 5.78 Å². The average molecular weight is 421 g/mol. The first kappa shape index (κ1) is 23.7. The van der Waals surface area contributed by atoms with E-state index in [0.717, 1.165) is 5.56 Å². The Labute approximate surface area is 183 Å². The van der Waals surface area contributed by atoms with Crippen molar-refractivity contribution in [3.63, 3.8) is 0 Å². The van der Waals surface area contributed by atoms with Crippen LogP contribution >= 0.6 is 0 Å². The van der Waals surface area contributed by atoms with Gasteiger partial charge in [-0.1, -0.05) is 51.1 Å². The molecule has 0 unspecified atom stereocenters. The number of Topliss-reactive ketones (excluding diaryl/α,β-unsaturated/α-hetero) is 1. The number of carbonyl (C=O) groups excluding carboxylic acids is 2. The lowest BCUT2D eigenvalue weighted by Crippen LogP contribution is -2.28. The summed E-state index contributed by atoms with van der Waals surface area (Å²) >= 11 is 0. The molecule has 162 valence electrons. The van der Waals surface area contributed by atoms with Crippen LogP contribution in [0.5, 0.6) is 11.5 Å². The number of nitriles is 1. The monoisotopic (exact) mass is 420 g/mol. The van der Waals surface area contributed by atoms with Gasteiger partial charge in [0, 0.05) is 12.1 Å². The largest absolute Gasteiger partial charge is 0.493 e. The van der Waals surface area contributed by atoms with Crippen molar-refractivity contribution in [3.8, 4) is 17.6 Å². The second kappa shape index (κ2) is 10.4. The third kappa shape index (κ3) is 6.45. The fraction of sp³-hybridized carbons (Fsp3) is 0.320. The van der Waals surface area contributed by atoms with Crippen LogP contribution in [0.4, 0.5) is 0 Å². The minimum Gasteiger partial charge on any atom is -0.493 e. The van der Waals surface area contributed by atoms with Gasteiger partial charge >= 0.3 is 0 Å². The lowest BCUT2D eigenvalue weighted by atomic mass is 9.86. The van der Waals surface area contributed by atoms with Gasteiger partial charge < -0.3 is 14.8 Å². The van der Waals surface area contributed by atoms with E-state index in [1.54, 1.807) is 30.3 Å². The molecule has 0 saturated heterocycles. The average Bonchev–Trinajstić information content (AvgIpc) is 2.75. The van der Waals surface area contributed by atoms with Gasteiger partial charge in [0.25, 0.3) is 5.91 Å². The van der Waals surface area contributed by atoms with E-state index in [2.05, 4.69) is 26.1 Å². The lowest BCUT2D eigenvalue weighted by molar-refractivity contribution is -0.123. The number of rotatable bonds is 8. The molecular weight excluding hydrogens is 392 g/mol. The third-order valence-corrected chi connectivity index (χ3v) is 4.61. The van der Waals surface area contributed by atoms with E-state index in [1.165, 1.54) is 13.2 Å². The summed E-state index contributed by atoms with van der Waals surface area (Å²) in [6.45, 7) is 8.51. The Bertz CT molecular complexity index is 1010. The highest BCUT2D eigenvalue weighted by atomic mass is 16.5. The molecule has 6 heteroatoms. The van der Waals surface area contributed by atoms with Crippen molar-refractivity contribution in [1.29, 1.82) is 5.26 Å². The molecule has 0 fully saturated rings. The molecule has 0 radical (unpaired) electrons. The fourth-order valence-corrected chi connectivity index (χ4v) is 2.88. The highest BCUT2D eigenvalue weighted by Gasteiger charge is 2.17. The maximum absolute atomic E-state index is 12.8. The van der Waals surface area contributed by atoms with Gasteiger partial charge in [-0.2, -0.15) is 5.26 Å². The number of nitrogens with zero attached hydrogens (tertiary/aromatic N) is 1. The Morgan fingerprint density at radius 2 is 1.77 bits per heavy atom. The van der Waals surface area contributed by atoms with Crippen LogP contribution in [0.3, 0.4) is 0 Å². The first-order chi connectivity index (χ1) is 14.7. The number of hydrogen-bond acceptors (Lipinski definition) is 5. The summed E-state index contributed by atoms with van der Waals surface area (Å²) in [5, 5.41) is 12.2. The van der Waals surface area contributed by atoms with E-state index in [-0.39, 0.29) is 29.3 Å². The van der Waals surface area contributed by atoms with E-state index in [9.17, 15) is 14.9 Å². The zero-order chi connectivity index (χ0) is 23.0. The Hall–Kier alpha value is -3.59. The van der Waals surface area contributed by atoms with Crippen molar-refractivity contribution in [1.82, 2.24) is 5.32 Å². The van der Waals surface area contributed by atoms with Crippen LogP contribution in [-0.2, 0) is 10.2 Å². The molecular formula is C25H28N2O4. The number of ketones is 1. The van der Waals surface area contributed by atoms with Crippen molar-refractivity contribution in [2.75, 3.05) is 20.3 Å². The van der Waals surface area contributed by atoms with Crippen LogP contribution in [0.25, 0.3) is 6.08 Å². The molecule has 6 nitrogen and oxygen atoms in total. The highest BCUT2D eigenvalue weighted by Crippen LogP contribution is 2.29. The van der Waals surface area contributed by atoms with Gasteiger partial charge in [-0.05, 0) is 41.7 Å². The Kier molecular flexibility index (Phi) is 7.98. The van der Waals surface area contributed by atoms with Crippen molar-refractivity contribution in [2.24, 2.45) is 0 Å². The van der Waals surface area contributed by atoms with Gasteiger partial charge in [0.05, 0.1) is 7.11 Å². The quantitative estimate of drug-likeness (QED) is 0.391. The van der Waals surface area contributed by atoms with Gasteiger partial charge in [-0.15, -0.1) is 0 Å². The van der Waals surface area contributed by atoms with E-state index in [0.29, 0.717) is 29.2 Å². The second-order valence-corrected chi connectivity index (χ2v) is 7.98. The number of likely N-dealkylation sites (N-methyl/N-ethyl adjacent to an activating group) is 1. The molecule has 1 N–H and O–H groups in total. The van der Waals surface area contributed by atoms with E-state index < -0.39 is 0 Å². The predicted octanol–water partition coefficient (Wildman–Crippen LogP) is 4.30. The predicted molar refractivity (Wildman–Crippen MR) is 120 cm³/mol. The number of carbonyl (C=O) groups is 2. The van der Waals surface area contributed by atoms with Crippen LogP contribution < -0.4 is 14.8 Å². The van der Waals surface area contributed by atoms with Crippen molar-refractivity contribution in [2.45, 2.75) is 33.1 Å². The Morgan fingerprint density at radius 3 is 2.32 bits per heavy atom. The zero-order valence-electron chi connectivity index (χ0n) is 18.6. The Morgan fingerprint density at radius 1 is 1.10 bits per heavy atom. The van der Waals surface area contributed by atoms with Gasteiger partial charge in [0.15, 0.2) is 18.1 Å². The molecule has 0 atom stereocenters. The van der Waals surface area contributed by atoms with Gasteiger partial charge in [-0.3, -0.25) is 9.59 Å². The molecule has 0 aliphatic heterocycles. The first-order valence-corrected chi connectivity index (χ1v) is 10.0. The summed E-state index contributed by atoms with van der Waals surface area (Å²) in [5.41, 5.74) is 2.17. The number of allylic oxidation sites excluding steroid dienone is 1. The van der Waals surface area contributed by atoms with Crippen LogP contribution in [0.1, 0.15) is 49.2 Å². The van der Waals surface area contributed by atoms with Crippen molar-refractivity contribution in [3.05, 3.63) is 64.7 Å². The summed E-state index contributed by atoms with van der Waals surface area (Å²) in [6.07, 6.45) is 1.51. The third-order valence-electron chi connectivity index (χ3n) is 4.61. The summed E-state index contributed by atoms with van der Waals surface area (Å²) < 4.78 is 10.8.